The van der Waals surface area contributed by atoms with Crippen LogP contribution in [0, 0.1) is 0 Å². The zero-order valence-electron chi connectivity index (χ0n) is 6.65. The van der Waals surface area contributed by atoms with Crippen LogP contribution in [0.15, 0.2) is 18.3 Å². The number of methoxy groups -OCH3 is 1. The number of pyridine rings is 1. The number of ether oxygens (including phenoxy) is 1. The molecule has 1 rings (SSSR count). The second-order valence-electron chi connectivity index (χ2n) is 2.28. The number of carbonyl (C=O) groups is 1. The van der Waals surface area contributed by atoms with Crippen LogP contribution >= 0.6 is 0 Å². The summed E-state index contributed by atoms with van der Waals surface area (Å²) in [4.78, 5) is 14.3. The first-order valence-corrected chi connectivity index (χ1v) is 3.41. The Labute approximate surface area is 69.8 Å². The molecule has 1 heterocycles. The van der Waals surface area contributed by atoms with Crippen molar-refractivity contribution in [1.82, 2.24) is 4.98 Å². The number of hydrogen-bond acceptors (Lipinski definition) is 3. The van der Waals surface area contributed by atoms with Crippen LogP contribution in [-0.2, 0) is 11.3 Å². The van der Waals surface area contributed by atoms with Crippen molar-refractivity contribution in [2.45, 2.75) is 6.61 Å². The van der Waals surface area contributed by atoms with Gasteiger partial charge in [0.15, 0.2) is 0 Å². The van der Waals surface area contributed by atoms with Crippen molar-refractivity contribution >= 4 is 5.97 Å². The van der Waals surface area contributed by atoms with E-state index >= 15 is 0 Å². The number of carboxylic acids is 1. The summed E-state index contributed by atoms with van der Waals surface area (Å²) in [6.45, 7) is 0.403. The van der Waals surface area contributed by atoms with Gasteiger partial charge in [-0.15, -0.1) is 0 Å². The molecule has 0 fully saturated rings. The lowest BCUT2D eigenvalue weighted by Gasteiger charge is -1.98. The van der Waals surface area contributed by atoms with Gasteiger partial charge in [-0.2, -0.15) is 0 Å². The van der Waals surface area contributed by atoms with Gasteiger partial charge in [-0.05, 0) is 12.1 Å². The summed E-state index contributed by atoms with van der Waals surface area (Å²) in [6.07, 6.45) is 1.32. The van der Waals surface area contributed by atoms with Crippen molar-refractivity contribution in [3.05, 3.63) is 29.6 Å². The maximum Gasteiger partial charge on any atom is 0.337 e. The van der Waals surface area contributed by atoms with E-state index in [0.717, 1.165) is 5.69 Å². The first-order chi connectivity index (χ1) is 5.74. The van der Waals surface area contributed by atoms with Crippen LogP contribution in [-0.4, -0.2) is 23.2 Å². The molecule has 0 spiro atoms. The van der Waals surface area contributed by atoms with Crippen LogP contribution in [0.5, 0.6) is 0 Å². The summed E-state index contributed by atoms with van der Waals surface area (Å²) >= 11 is 0. The maximum atomic E-state index is 10.4. The Bertz CT molecular complexity index is 268. The molecule has 0 saturated carbocycles. The molecular weight excluding hydrogens is 158 g/mol. The SMILES string of the molecule is COCc1ccc(C(=O)O)cn1. The number of rotatable bonds is 3. The van der Waals surface area contributed by atoms with Gasteiger partial charge in [0.2, 0.25) is 0 Å². The number of nitrogens with zero attached hydrogens (tertiary/aromatic N) is 1. The molecule has 1 N–H and O–H groups in total. The van der Waals surface area contributed by atoms with Crippen molar-refractivity contribution in [3.63, 3.8) is 0 Å². The van der Waals surface area contributed by atoms with E-state index in [1.165, 1.54) is 12.3 Å². The Kier molecular flexibility index (Phi) is 2.76. The number of hydrogen-bond donors (Lipinski definition) is 1. The van der Waals surface area contributed by atoms with Crippen LogP contribution in [0.4, 0.5) is 0 Å². The molecule has 0 aromatic carbocycles. The summed E-state index contributed by atoms with van der Waals surface area (Å²) in [5, 5.41) is 8.53. The third kappa shape index (κ3) is 2.03. The minimum atomic E-state index is -0.966. The predicted octanol–water partition coefficient (Wildman–Crippen LogP) is 0.926. The smallest absolute Gasteiger partial charge is 0.337 e. The zero-order valence-corrected chi connectivity index (χ0v) is 6.65. The van der Waals surface area contributed by atoms with Crippen molar-refractivity contribution < 1.29 is 14.6 Å². The molecule has 4 heteroatoms. The average Bonchev–Trinajstić information content (AvgIpc) is 2.06. The molecule has 12 heavy (non-hydrogen) atoms. The Morgan fingerprint density at radius 1 is 1.67 bits per heavy atom. The zero-order chi connectivity index (χ0) is 8.97. The molecule has 0 radical (unpaired) electrons. The van der Waals surface area contributed by atoms with E-state index in [-0.39, 0.29) is 5.56 Å². The summed E-state index contributed by atoms with van der Waals surface area (Å²) in [5.41, 5.74) is 0.914. The molecule has 0 aliphatic heterocycles. The van der Waals surface area contributed by atoms with Crippen molar-refractivity contribution in [3.8, 4) is 0 Å². The van der Waals surface area contributed by atoms with Gasteiger partial charge in [-0.25, -0.2) is 4.79 Å². The largest absolute Gasteiger partial charge is 0.478 e. The van der Waals surface area contributed by atoms with Crippen LogP contribution in [0.2, 0.25) is 0 Å². The van der Waals surface area contributed by atoms with E-state index in [0.29, 0.717) is 6.61 Å². The first-order valence-electron chi connectivity index (χ1n) is 3.41. The van der Waals surface area contributed by atoms with Crippen LogP contribution < -0.4 is 0 Å². The Morgan fingerprint density at radius 3 is 2.83 bits per heavy atom. The fourth-order valence-corrected chi connectivity index (χ4v) is 0.784. The molecule has 0 aliphatic rings. The standard InChI is InChI=1S/C8H9NO3/c1-12-5-7-3-2-6(4-9-7)8(10)11/h2-4H,5H2,1H3,(H,10,11). The maximum absolute atomic E-state index is 10.4. The highest BCUT2D eigenvalue weighted by atomic mass is 16.5. The highest BCUT2D eigenvalue weighted by Crippen LogP contribution is 2.00. The predicted molar refractivity (Wildman–Crippen MR) is 41.9 cm³/mol. The summed E-state index contributed by atoms with van der Waals surface area (Å²) < 4.78 is 4.82. The van der Waals surface area contributed by atoms with Crippen LogP contribution in [0.25, 0.3) is 0 Å². The summed E-state index contributed by atoms with van der Waals surface area (Å²) in [5.74, 6) is -0.966. The van der Waals surface area contributed by atoms with Gasteiger partial charge >= 0.3 is 5.97 Å². The van der Waals surface area contributed by atoms with Gasteiger partial charge in [0.25, 0.3) is 0 Å². The van der Waals surface area contributed by atoms with Gasteiger partial charge in [0.05, 0.1) is 17.9 Å². The van der Waals surface area contributed by atoms with Crippen LogP contribution in [0.1, 0.15) is 16.1 Å². The number of aromatic nitrogens is 1. The highest BCUT2D eigenvalue weighted by Gasteiger charge is 2.01. The van der Waals surface area contributed by atoms with E-state index < -0.39 is 5.97 Å². The minimum absolute atomic E-state index is 0.190. The third-order valence-electron chi connectivity index (χ3n) is 1.36. The Balaban J connectivity index is 2.78. The topological polar surface area (TPSA) is 59.4 Å². The normalized spacial score (nSPS) is 9.75. The minimum Gasteiger partial charge on any atom is -0.478 e. The molecule has 0 aliphatic carbocycles. The molecule has 64 valence electrons. The van der Waals surface area contributed by atoms with Crippen LogP contribution in [0.3, 0.4) is 0 Å². The fourth-order valence-electron chi connectivity index (χ4n) is 0.784. The van der Waals surface area contributed by atoms with E-state index in [1.807, 2.05) is 0 Å². The fraction of sp³-hybridized carbons (Fsp3) is 0.250. The summed E-state index contributed by atoms with van der Waals surface area (Å²) in [6, 6.07) is 3.14. The summed E-state index contributed by atoms with van der Waals surface area (Å²) in [7, 11) is 1.56. The second-order valence-corrected chi connectivity index (χ2v) is 2.28. The average molecular weight is 167 g/mol. The second kappa shape index (κ2) is 3.82. The quantitative estimate of drug-likeness (QED) is 0.727. The van der Waals surface area contributed by atoms with Crippen molar-refractivity contribution in [2.75, 3.05) is 7.11 Å². The molecule has 0 unspecified atom stereocenters. The lowest BCUT2D eigenvalue weighted by Crippen LogP contribution is -1.99. The van der Waals surface area contributed by atoms with Gasteiger partial charge in [-0.3, -0.25) is 4.98 Å². The van der Waals surface area contributed by atoms with Gasteiger partial charge in [0, 0.05) is 13.3 Å². The van der Waals surface area contributed by atoms with E-state index in [2.05, 4.69) is 4.98 Å². The van der Waals surface area contributed by atoms with Gasteiger partial charge in [0.1, 0.15) is 0 Å². The molecule has 1 aromatic heterocycles. The van der Waals surface area contributed by atoms with E-state index in [9.17, 15) is 4.79 Å². The molecule has 0 amide bonds. The molecule has 4 nitrogen and oxygen atoms in total. The number of carboxylic acid groups (broad SMARTS) is 1. The monoisotopic (exact) mass is 167 g/mol. The molecule has 1 aromatic rings. The highest BCUT2D eigenvalue weighted by molar-refractivity contribution is 5.87. The molecule has 0 atom stereocenters. The third-order valence-corrected chi connectivity index (χ3v) is 1.36. The Hall–Kier alpha value is -1.42. The van der Waals surface area contributed by atoms with Gasteiger partial charge in [-0.1, -0.05) is 0 Å². The lowest BCUT2D eigenvalue weighted by molar-refractivity contribution is 0.0696. The lowest BCUT2D eigenvalue weighted by atomic mass is 10.2. The van der Waals surface area contributed by atoms with Crippen molar-refractivity contribution in [1.29, 1.82) is 0 Å². The first kappa shape index (κ1) is 8.67. The van der Waals surface area contributed by atoms with Crippen molar-refractivity contribution in [2.24, 2.45) is 0 Å². The number of aromatic carboxylic acids is 1. The van der Waals surface area contributed by atoms with Gasteiger partial charge < -0.3 is 9.84 Å². The Morgan fingerprint density at radius 2 is 2.42 bits per heavy atom. The van der Waals surface area contributed by atoms with E-state index in [1.54, 1.807) is 13.2 Å². The molecule has 0 bridgehead atoms. The molecular formula is C8H9NO3. The van der Waals surface area contributed by atoms with E-state index in [4.69, 9.17) is 9.84 Å². The molecule has 0 saturated heterocycles.